The number of aromatic nitrogens is 4. The Morgan fingerprint density at radius 2 is 1.94 bits per heavy atom. The van der Waals surface area contributed by atoms with Crippen LogP contribution < -0.4 is 15.2 Å². The number of nitrogen functional groups attached to an aromatic ring is 1. The van der Waals surface area contributed by atoms with E-state index in [1.54, 1.807) is 56.0 Å². The maximum atomic E-state index is 14.9. The van der Waals surface area contributed by atoms with Gasteiger partial charge in [-0.2, -0.15) is 0 Å². The van der Waals surface area contributed by atoms with Crippen LogP contribution in [0, 0.1) is 25.1 Å². The summed E-state index contributed by atoms with van der Waals surface area (Å²) in [6, 6.07) is 2.00. The fourth-order valence-electron chi connectivity index (χ4n) is 3.67. The molecule has 0 aromatic carbocycles. The molecule has 0 saturated heterocycles. The van der Waals surface area contributed by atoms with Crippen LogP contribution in [0.3, 0.4) is 0 Å². The van der Waals surface area contributed by atoms with Crippen LogP contribution in [-0.4, -0.2) is 32.3 Å². The van der Waals surface area contributed by atoms with Crippen molar-refractivity contribution in [3.05, 3.63) is 77.4 Å². The van der Waals surface area contributed by atoms with E-state index in [1.165, 1.54) is 13.3 Å². The summed E-state index contributed by atoms with van der Waals surface area (Å²) in [5.74, 6) is 0.318. The van der Waals surface area contributed by atoms with E-state index in [9.17, 15) is 4.39 Å². The Morgan fingerprint density at radius 3 is 2.54 bits per heavy atom. The fourth-order valence-corrected chi connectivity index (χ4v) is 3.67. The molecule has 3 aromatic rings. The van der Waals surface area contributed by atoms with E-state index in [0.29, 0.717) is 39.5 Å². The molecule has 0 aliphatic carbocycles. The molecule has 3 rings (SSSR count). The second-order valence-electron chi connectivity index (χ2n) is 7.90. The number of aryl methyl sites for hydroxylation is 2. The molecule has 0 fully saturated rings. The Kier molecular flexibility index (Phi) is 7.49. The van der Waals surface area contributed by atoms with Gasteiger partial charge in [0, 0.05) is 42.0 Å². The second kappa shape index (κ2) is 10.3. The summed E-state index contributed by atoms with van der Waals surface area (Å²) >= 11 is 0. The summed E-state index contributed by atoms with van der Waals surface area (Å²) in [5.41, 5.74) is 10.1. The molecule has 0 aliphatic heterocycles. The highest BCUT2D eigenvalue weighted by Crippen LogP contribution is 2.42. The first-order chi connectivity index (χ1) is 16.6. The van der Waals surface area contributed by atoms with E-state index in [4.69, 9.17) is 20.6 Å². The first-order valence-electron chi connectivity index (χ1n) is 10.8. The van der Waals surface area contributed by atoms with Gasteiger partial charge in [-0.15, -0.1) is 0 Å². The van der Waals surface area contributed by atoms with Crippen LogP contribution >= 0.6 is 0 Å². The monoisotopic (exact) mass is 476 g/mol. The average molecular weight is 477 g/mol. The zero-order chi connectivity index (χ0) is 25.9. The lowest BCUT2D eigenvalue weighted by atomic mass is 9.96. The van der Waals surface area contributed by atoms with Crippen LogP contribution in [-0.2, 0) is 7.05 Å². The van der Waals surface area contributed by atoms with Crippen LogP contribution in [0.1, 0.15) is 36.4 Å². The third kappa shape index (κ3) is 4.98. The van der Waals surface area contributed by atoms with Crippen molar-refractivity contribution in [1.82, 2.24) is 19.5 Å². The number of hydrogen-bond acceptors (Lipinski definition) is 7. The minimum absolute atomic E-state index is 0.0411. The Labute approximate surface area is 204 Å². The third-order valence-electron chi connectivity index (χ3n) is 5.46. The highest BCUT2D eigenvalue weighted by molar-refractivity contribution is 6.09. The summed E-state index contributed by atoms with van der Waals surface area (Å²) in [5, 5.41) is 8.35. The molecule has 9 heteroatoms. The van der Waals surface area contributed by atoms with E-state index < -0.39 is 5.82 Å². The number of nitrogens with two attached hydrogens (primary N) is 1. The van der Waals surface area contributed by atoms with Crippen LogP contribution in [0.15, 0.2) is 49.0 Å². The van der Waals surface area contributed by atoms with E-state index >= 15 is 0 Å². The Bertz CT molecular complexity index is 1370. The van der Waals surface area contributed by atoms with Gasteiger partial charge in [0.15, 0.2) is 11.6 Å². The van der Waals surface area contributed by atoms with Crippen molar-refractivity contribution >= 4 is 17.1 Å². The quantitative estimate of drug-likeness (QED) is 0.264. The van der Waals surface area contributed by atoms with Crippen molar-refractivity contribution in [3.63, 3.8) is 0 Å². The van der Waals surface area contributed by atoms with Crippen LogP contribution in [0.4, 0.5) is 10.2 Å². The van der Waals surface area contributed by atoms with Gasteiger partial charge in [-0.1, -0.05) is 12.7 Å². The molecule has 3 N–H and O–H groups in total. The number of pyridine rings is 1. The van der Waals surface area contributed by atoms with Crippen molar-refractivity contribution in [2.45, 2.75) is 27.7 Å². The molecule has 0 bridgehead atoms. The zero-order valence-corrected chi connectivity index (χ0v) is 20.7. The highest BCUT2D eigenvalue weighted by Gasteiger charge is 2.27. The molecule has 0 unspecified atom stereocenters. The number of ether oxygens (including phenoxy) is 2. The minimum Gasteiger partial charge on any atom is -0.493 e. The number of anilines is 1. The largest absolute Gasteiger partial charge is 0.493 e. The van der Waals surface area contributed by atoms with Crippen LogP contribution in [0.5, 0.6) is 11.8 Å². The fraction of sp³-hybridized carbons (Fsp3) is 0.231. The normalized spacial score (nSPS) is 11.7. The number of rotatable bonds is 8. The summed E-state index contributed by atoms with van der Waals surface area (Å²) in [7, 11) is 3.14. The number of methoxy groups -OCH3 is 1. The lowest BCUT2D eigenvalue weighted by molar-refractivity contribution is 0.385. The smallest absolute Gasteiger partial charge is 0.322 e. The molecule has 8 nitrogen and oxygen atoms in total. The van der Waals surface area contributed by atoms with E-state index in [0.717, 1.165) is 5.69 Å². The number of allylic oxidation sites excluding steroid dienone is 4. The van der Waals surface area contributed by atoms with Gasteiger partial charge < -0.3 is 25.2 Å². The molecule has 0 atom stereocenters. The van der Waals surface area contributed by atoms with Gasteiger partial charge in [-0.05, 0) is 51.5 Å². The Hall–Kier alpha value is -4.27. The van der Waals surface area contributed by atoms with Gasteiger partial charge in [0.2, 0.25) is 0 Å². The molecule has 3 aromatic heterocycles. The molecule has 182 valence electrons. The molecular formula is C26H29FN6O2. The summed E-state index contributed by atoms with van der Waals surface area (Å²) in [4.78, 5) is 12.5. The lowest BCUT2D eigenvalue weighted by Crippen LogP contribution is -2.03. The molecule has 35 heavy (non-hydrogen) atoms. The average Bonchev–Trinajstić information content (AvgIpc) is 3.08. The number of nitrogens with one attached hydrogen (secondary N) is 1. The molecular weight excluding hydrogens is 447 g/mol. The highest BCUT2D eigenvalue weighted by atomic mass is 19.1. The number of halogens is 1. The third-order valence-corrected chi connectivity index (χ3v) is 5.46. The molecule has 0 amide bonds. The predicted octanol–water partition coefficient (Wildman–Crippen LogP) is 5.16. The van der Waals surface area contributed by atoms with Gasteiger partial charge in [-0.25, -0.2) is 14.4 Å². The molecule has 3 heterocycles. The minimum atomic E-state index is -0.562. The second-order valence-corrected chi connectivity index (χ2v) is 7.90. The van der Waals surface area contributed by atoms with Crippen molar-refractivity contribution in [2.24, 2.45) is 7.05 Å². The van der Waals surface area contributed by atoms with Gasteiger partial charge in [0.1, 0.15) is 11.6 Å². The summed E-state index contributed by atoms with van der Waals surface area (Å²) in [6.45, 7) is 11.1. The van der Waals surface area contributed by atoms with Crippen molar-refractivity contribution in [2.75, 3.05) is 12.8 Å². The lowest BCUT2D eigenvalue weighted by Gasteiger charge is -2.14. The predicted molar refractivity (Wildman–Crippen MR) is 136 cm³/mol. The van der Waals surface area contributed by atoms with E-state index in [2.05, 4.69) is 21.5 Å². The molecule has 0 aliphatic rings. The topological polar surface area (TPSA) is 112 Å². The summed E-state index contributed by atoms with van der Waals surface area (Å²) in [6.07, 6.45) is 8.37. The number of nitrogens with zero attached hydrogens (tertiary/aromatic N) is 4. The van der Waals surface area contributed by atoms with Crippen LogP contribution in [0.2, 0.25) is 0 Å². The first-order valence-corrected chi connectivity index (χ1v) is 10.8. The van der Waals surface area contributed by atoms with Crippen LogP contribution in [0.25, 0.3) is 16.8 Å². The van der Waals surface area contributed by atoms with Crippen molar-refractivity contribution in [3.8, 4) is 23.0 Å². The first kappa shape index (κ1) is 25.4. The zero-order valence-electron chi connectivity index (χ0n) is 20.7. The van der Waals surface area contributed by atoms with Gasteiger partial charge in [0.05, 0.1) is 24.1 Å². The van der Waals surface area contributed by atoms with E-state index in [1.807, 2.05) is 13.8 Å². The Balaban J connectivity index is 2.12. The Morgan fingerprint density at radius 1 is 1.23 bits per heavy atom. The van der Waals surface area contributed by atoms with Crippen molar-refractivity contribution < 1.29 is 13.9 Å². The maximum Gasteiger partial charge on any atom is 0.322 e. The van der Waals surface area contributed by atoms with E-state index in [-0.39, 0.29) is 23.2 Å². The van der Waals surface area contributed by atoms with Gasteiger partial charge in [0.25, 0.3) is 0 Å². The maximum absolute atomic E-state index is 14.9. The van der Waals surface area contributed by atoms with Gasteiger partial charge >= 0.3 is 6.01 Å². The van der Waals surface area contributed by atoms with Crippen molar-refractivity contribution in [1.29, 1.82) is 5.41 Å². The van der Waals surface area contributed by atoms with Gasteiger partial charge in [-0.3, -0.25) is 4.98 Å². The molecule has 0 spiro atoms. The standard InChI is InChI=1S/C26H29FN6O2/c1-8-18(35-26-30-12-11-15(3)32-26)10-9-14(2)20-21(16(4)28)25(29)33(6)23(20)19-13-31-17(5)22(27)24(19)34-7/h8-13,28H,2,29H2,1,3-7H3/b10-9-,18-8+,28-16?. The summed E-state index contributed by atoms with van der Waals surface area (Å²) < 4.78 is 27.7. The molecule has 0 radical (unpaired) electrons. The molecule has 0 saturated carbocycles. The SMILES string of the molecule is C=C(/C=C\C(=C/C)Oc1nccc(C)n1)c1c(C(C)=N)c(N)n(C)c1-c1cnc(C)c(F)c1OC. The number of hydrogen-bond donors (Lipinski definition) is 2.